The van der Waals surface area contributed by atoms with E-state index >= 15 is 0 Å². The number of hydrogen-bond donors (Lipinski definition) is 2. The van der Waals surface area contributed by atoms with Crippen LogP contribution in [0.15, 0.2) is 0 Å². The maximum Gasteiger partial charge on any atom is 0.323 e. The summed E-state index contributed by atoms with van der Waals surface area (Å²) in [6, 6.07) is 0. The monoisotopic (exact) mass is 224 g/mol. The third-order valence-corrected chi connectivity index (χ3v) is 2.47. The summed E-state index contributed by atoms with van der Waals surface area (Å²) in [5.41, 5.74) is -1.06. The third kappa shape index (κ3) is 5.03. The third-order valence-electron chi connectivity index (χ3n) is 2.47. The predicted octanol–water partition coefficient (Wildman–Crippen LogP) is 0.636. The number of likely N-dealkylation sites (N-methyl/N-ethyl adjacent to an activating group) is 1. The van der Waals surface area contributed by atoms with Crippen molar-refractivity contribution in [1.29, 1.82) is 0 Å². The van der Waals surface area contributed by atoms with Crippen LogP contribution in [0, 0.1) is 0 Å². The molecular formula is C9H18F2N2O2. The Balaban J connectivity index is 4.06. The number of nitrogens with one attached hydrogen (secondary N) is 1. The van der Waals surface area contributed by atoms with Crippen molar-refractivity contribution in [3.63, 3.8) is 0 Å². The number of carboxylic acid groups (broad SMARTS) is 1. The number of carboxylic acids is 1. The lowest BCUT2D eigenvalue weighted by Crippen LogP contribution is -2.49. The van der Waals surface area contributed by atoms with Gasteiger partial charge >= 0.3 is 5.97 Å². The largest absolute Gasteiger partial charge is 0.480 e. The Labute approximate surface area is 88.3 Å². The van der Waals surface area contributed by atoms with Crippen LogP contribution in [-0.4, -0.2) is 55.1 Å². The fraction of sp³-hybridized carbons (Fsp3) is 0.889. The molecule has 0 aromatic carbocycles. The van der Waals surface area contributed by atoms with Crippen LogP contribution in [0.3, 0.4) is 0 Å². The molecule has 0 saturated heterocycles. The normalized spacial score (nSPS) is 15.7. The fourth-order valence-corrected chi connectivity index (χ4v) is 1.08. The topological polar surface area (TPSA) is 52.6 Å². The number of alkyl halides is 2. The van der Waals surface area contributed by atoms with Gasteiger partial charge in [-0.3, -0.25) is 4.79 Å². The highest BCUT2D eigenvalue weighted by atomic mass is 19.3. The van der Waals surface area contributed by atoms with Crippen molar-refractivity contribution in [2.45, 2.75) is 25.3 Å². The molecule has 0 radical (unpaired) electrons. The standard InChI is InChI=1S/C9H18F2N2O2/c1-9(12-2,8(14)15)4-5-13(3)6-7(10)11/h7,12H,4-6H2,1-3H3,(H,14,15). The van der Waals surface area contributed by atoms with Gasteiger partial charge in [-0.25, -0.2) is 8.78 Å². The molecule has 0 spiro atoms. The minimum atomic E-state index is -2.39. The van der Waals surface area contributed by atoms with E-state index < -0.39 is 17.9 Å². The van der Waals surface area contributed by atoms with Crippen LogP contribution in [0.5, 0.6) is 0 Å². The minimum absolute atomic E-state index is 0.280. The van der Waals surface area contributed by atoms with Crippen molar-refractivity contribution in [2.24, 2.45) is 0 Å². The molecule has 0 heterocycles. The van der Waals surface area contributed by atoms with E-state index in [1.807, 2.05) is 0 Å². The quantitative estimate of drug-likeness (QED) is 0.666. The molecule has 0 rings (SSSR count). The number of nitrogens with zero attached hydrogens (tertiary/aromatic N) is 1. The second-order valence-corrected chi connectivity index (χ2v) is 3.79. The van der Waals surface area contributed by atoms with Gasteiger partial charge in [-0.05, 0) is 27.4 Å². The van der Waals surface area contributed by atoms with E-state index in [1.54, 1.807) is 14.1 Å². The molecule has 0 aliphatic heterocycles. The number of carbonyl (C=O) groups is 1. The van der Waals surface area contributed by atoms with Gasteiger partial charge in [0.2, 0.25) is 0 Å². The Bertz CT molecular complexity index is 214. The summed E-state index contributed by atoms with van der Waals surface area (Å²) >= 11 is 0. The zero-order valence-electron chi connectivity index (χ0n) is 9.26. The van der Waals surface area contributed by atoms with Gasteiger partial charge in [0.15, 0.2) is 0 Å². The van der Waals surface area contributed by atoms with Gasteiger partial charge in [-0.2, -0.15) is 0 Å². The van der Waals surface area contributed by atoms with Gasteiger partial charge in [0.25, 0.3) is 6.43 Å². The van der Waals surface area contributed by atoms with E-state index in [0.29, 0.717) is 6.54 Å². The molecular weight excluding hydrogens is 206 g/mol. The van der Waals surface area contributed by atoms with Crippen molar-refractivity contribution < 1.29 is 18.7 Å². The van der Waals surface area contributed by atoms with Crippen LogP contribution in [0.2, 0.25) is 0 Å². The summed E-state index contributed by atoms with van der Waals surface area (Å²) in [4.78, 5) is 12.3. The minimum Gasteiger partial charge on any atom is -0.480 e. The molecule has 0 aromatic heterocycles. The zero-order valence-corrected chi connectivity index (χ0v) is 9.26. The van der Waals surface area contributed by atoms with E-state index in [9.17, 15) is 13.6 Å². The fourth-order valence-electron chi connectivity index (χ4n) is 1.08. The lowest BCUT2D eigenvalue weighted by Gasteiger charge is -2.26. The first-order valence-corrected chi connectivity index (χ1v) is 4.71. The molecule has 6 heteroatoms. The summed E-state index contributed by atoms with van der Waals surface area (Å²) in [6.45, 7) is 1.51. The van der Waals surface area contributed by atoms with Gasteiger partial charge < -0.3 is 15.3 Å². The summed E-state index contributed by atoms with van der Waals surface area (Å²) in [5, 5.41) is 11.6. The van der Waals surface area contributed by atoms with Crippen LogP contribution < -0.4 is 5.32 Å². The highest BCUT2D eigenvalue weighted by Gasteiger charge is 2.30. The molecule has 1 atom stereocenters. The predicted molar refractivity (Wildman–Crippen MR) is 53.2 cm³/mol. The summed E-state index contributed by atoms with van der Waals surface area (Å²) in [7, 11) is 3.09. The van der Waals surface area contributed by atoms with E-state index in [-0.39, 0.29) is 13.0 Å². The Morgan fingerprint density at radius 2 is 2.13 bits per heavy atom. The van der Waals surface area contributed by atoms with Crippen LogP contribution in [0.4, 0.5) is 8.78 Å². The molecule has 0 bridgehead atoms. The van der Waals surface area contributed by atoms with Crippen LogP contribution in [-0.2, 0) is 4.79 Å². The smallest absolute Gasteiger partial charge is 0.323 e. The summed E-state index contributed by atoms with van der Waals surface area (Å²) < 4.78 is 23.9. The Hall–Kier alpha value is -0.750. The molecule has 0 aliphatic rings. The van der Waals surface area contributed by atoms with Gasteiger partial charge in [0, 0.05) is 6.54 Å². The van der Waals surface area contributed by atoms with Crippen molar-refractivity contribution >= 4 is 5.97 Å². The second-order valence-electron chi connectivity index (χ2n) is 3.79. The SMILES string of the molecule is CNC(C)(CCN(C)CC(F)F)C(=O)O. The number of halogens is 2. The summed E-state index contributed by atoms with van der Waals surface area (Å²) in [5.74, 6) is -0.976. The lowest BCUT2D eigenvalue weighted by atomic mass is 9.98. The number of aliphatic carboxylic acids is 1. The molecule has 90 valence electrons. The second kappa shape index (κ2) is 5.97. The molecule has 1 unspecified atom stereocenters. The lowest BCUT2D eigenvalue weighted by molar-refractivity contribution is -0.144. The molecule has 0 saturated carbocycles. The Morgan fingerprint density at radius 1 is 1.60 bits per heavy atom. The first-order valence-electron chi connectivity index (χ1n) is 4.71. The van der Waals surface area contributed by atoms with Crippen LogP contribution in [0.1, 0.15) is 13.3 Å². The summed E-state index contributed by atoms with van der Waals surface area (Å²) in [6.07, 6.45) is -2.11. The van der Waals surface area contributed by atoms with Crippen molar-refractivity contribution in [3.8, 4) is 0 Å². The van der Waals surface area contributed by atoms with Gasteiger partial charge in [-0.15, -0.1) is 0 Å². The maximum absolute atomic E-state index is 12.0. The van der Waals surface area contributed by atoms with Crippen molar-refractivity contribution in [1.82, 2.24) is 10.2 Å². The van der Waals surface area contributed by atoms with E-state index in [4.69, 9.17) is 5.11 Å². The van der Waals surface area contributed by atoms with Crippen LogP contribution in [0.25, 0.3) is 0 Å². The molecule has 0 aliphatic carbocycles. The number of rotatable bonds is 7. The average molecular weight is 224 g/mol. The first-order chi connectivity index (χ1) is 6.81. The van der Waals surface area contributed by atoms with Crippen LogP contribution >= 0.6 is 0 Å². The molecule has 15 heavy (non-hydrogen) atoms. The zero-order chi connectivity index (χ0) is 12.1. The van der Waals surface area contributed by atoms with Gasteiger partial charge in [0.1, 0.15) is 5.54 Å². The van der Waals surface area contributed by atoms with E-state index in [1.165, 1.54) is 11.8 Å². The molecule has 0 amide bonds. The average Bonchev–Trinajstić information content (AvgIpc) is 2.12. The molecule has 0 fully saturated rings. The highest BCUT2D eigenvalue weighted by Crippen LogP contribution is 2.10. The van der Waals surface area contributed by atoms with E-state index in [0.717, 1.165) is 0 Å². The van der Waals surface area contributed by atoms with E-state index in [2.05, 4.69) is 5.32 Å². The molecule has 2 N–H and O–H groups in total. The highest BCUT2D eigenvalue weighted by molar-refractivity contribution is 5.78. The first kappa shape index (κ1) is 14.2. The number of hydrogen-bond acceptors (Lipinski definition) is 3. The van der Waals surface area contributed by atoms with Crippen molar-refractivity contribution in [3.05, 3.63) is 0 Å². The van der Waals surface area contributed by atoms with Gasteiger partial charge in [0.05, 0.1) is 6.54 Å². The molecule has 4 nitrogen and oxygen atoms in total. The maximum atomic E-state index is 12.0. The van der Waals surface area contributed by atoms with Crippen molar-refractivity contribution in [2.75, 3.05) is 27.2 Å². The Morgan fingerprint density at radius 3 is 2.47 bits per heavy atom. The molecule has 0 aromatic rings. The van der Waals surface area contributed by atoms with Gasteiger partial charge in [-0.1, -0.05) is 0 Å². The Kier molecular flexibility index (Phi) is 5.67.